The molecule has 0 aliphatic heterocycles. The van der Waals surface area contributed by atoms with Crippen LogP contribution in [0.25, 0.3) is 0 Å². The van der Waals surface area contributed by atoms with Gasteiger partial charge in [0.15, 0.2) is 0 Å². The van der Waals surface area contributed by atoms with Crippen molar-refractivity contribution in [2.45, 2.75) is 39.3 Å². The third kappa shape index (κ3) is 8.84. The standard InChI is InChI=1S/C20H30N2O3/c1-16(14-21-19(23)25-20(3,4)5)22(13-12-17(2)24-6)15-18-10-8-7-9-11-18/h7-11H,1-2,12-15H2,3-6H3,(H,21,23). The maximum absolute atomic E-state index is 11.8. The summed E-state index contributed by atoms with van der Waals surface area (Å²) in [5.41, 5.74) is 1.45. The molecule has 1 aromatic rings. The molecule has 0 heterocycles. The third-order valence-electron chi connectivity index (χ3n) is 3.45. The van der Waals surface area contributed by atoms with Gasteiger partial charge in [-0.25, -0.2) is 4.79 Å². The second kappa shape index (κ2) is 9.77. The van der Waals surface area contributed by atoms with E-state index < -0.39 is 11.7 Å². The van der Waals surface area contributed by atoms with E-state index in [-0.39, 0.29) is 0 Å². The minimum atomic E-state index is -0.522. The number of amides is 1. The SMILES string of the molecule is C=C(CCN(Cc1ccccc1)C(=C)CNC(=O)OC(C)(C)C)OC. The van der Waals surface area contributed by atoms with Crippen molar-refractivity contribution in [3.05, 3.63) is 60.5 Å². The Labute approximate surface area is 151 Å². The third-order valence-corrected chi connectivity index (χ3v) is 3.45. The highest BCUT2D eigenvalue weighted by atomic mass is 16.6. The molecular formula is C20H30N2O3. The first-order valence-electron chi connectivity index (χ1n) is 8.36. The first-order chi connectivity index (χ1) is 11.7. The zero-order chi connectivity index (χ0) is 18.9. The van der Waals surface area contributed by atoms with Crippen LogP contribution in [-0.4, -0.2) is 36.8 Å². The fourth-order valence-electron chi connectivity index (χ4n) is 2.11. The molecular weight excluding hydrogens is 316 g/mol. The number of benzene rings is 1. The zero-order valence-corrected chi connectivity index (χ0v) is 15.8. The summed E-state index contributed by atoms with van der Waals surface area (Å²) in [5.74, 6) is 0.714. The number of carbonyl (C=O) groups is 1. The molecule has 0 atom stereocenters. The average molecular weight is 346 g/mol. The molecule has 0 aliphatic carbocycles. The van der Waals surface area contributed by atoms with Gasteiger partial charge in [-0.15, -0.1) is 0 Å². The number of alkyl carbamates (subject to hydrolysis) is 1. The normalized spacial score (nSPS) is 10.7. The van der Waals surface area contributed by atoms with Crippen LogP contribution in [0.4, 0.5) is 4.79 Å². The van der Waals surface area contributed by atoms with Gasteiger partial charge in [-0.05, 0) is 26.3 Å². The summed E-state index contributed by atoms with van der Waals surface area (Å²) in [5, 5.41) is 2.75. The Kier molecular flexibility index (Phi) is 8.05. The zero-order valence-electron chi connectivity index (χ0n) is 15.8. The molecule has 1 N–H and O–H groups in total. The van der Waals surface area contributed by atoms with Gasteiger partial charge in [0.1, 0.15) is 5.60 Å². The van der Waals surface area contributed by atoms with Crippen molar-refractivity contribution in [3.8, 4) is 0 Å². The lowest BCUT2D eigenvalue weighted by Crippen LogP contribution is -2.36. The molecule has 5 heteroatoms. The molecule has 0 bridgehead atoms. The smallest absolute Gasteiger partial charge is 0.407 e. The van der Waals surface area contributed by atoms with Crippen molar-refractivity contribution < 1.29 is 14.3 Å². The topological polar surface area (TPSA) is 50.8 Å². The predicted octanol–water partition coefficient (Wildman–Crippen LogP) is 4.08. The molecule has 1 aromatic carbocycles. The highest BCUT2D eigenvalue weighted by molar-refractivity contribution is 5.67. The van der Waals surface area contributed by atoms with E-state index in [1.807, 2.05) is 39.0 Å². The summed E-state index contributed by atoms with van der Waals surface area (Å²) in [4.78, 5) is 13.9. The van der Waals surface area contributed by atoms with Gasteiger partial charge in [-0.2, -0.15) is 0 Å². The molecule has 0 aromatic heterocycles. The molecule has 25 heavy (non-hydrogen) atoms. The van der Waals surface area contributed by atoms with Crippen molar-refractivity contribution in [2.24, 2.45) is 0 Å². The Balaban J connectivity index is 2.65. The number of carbonyl (C=O) groups excluding carboxylic acids is 1. The van der Waals surface area contributed by atoms with E-state index in [2.05, 4.69) is 35.5 Å². The highest BCUT2D eigenvalue weighted by Crippen LogP contribution is 2.13. The summed E-state index contributed by atoms with van der Waals surface area (Å²) in [6, 6.07) is 10.1. The van der Waals surface area contributed by atoms with Crippen LogP contribution >= 0.6 is 0 Å². The number of nitrogens with one attached hydrogen (secondary N) is 1. The summed E-state index contributed by atoms with van der Waals surface area (Å²) < 4.78 is 10.4. The van der Waals surface area contributed by atoms with Crippen LogP contribution in [0, 0.1) is 0 Å². The Hall–Kier alpha value is -2.43. The number of nitrogens with zero attached hydrogens (tertiary/aromatic N) is 1. The summed E-state index contributed by atoms with van der Waals surface area (Å²) in [7, 11) is 1.61. The summed E-state index contributed by atoms with van der Waals surface area (Å²) in [6.07, 6.45) is 0.240. The van der Waals surface area contributed by atoms with Crippen LogP contribution in [0.5, 0.6) is 0 Å². The minimum Gasteiger partial charge on any atom is -0.502 e. The van der Waals surface area contributed by atoms with Crippen LogP contribution in [0.2, 0.25) is 0 Å². The second-order valence-electron chi connectivity index (χ2n) is 6.82. The van der Waals surface area contributed by atoms with Crippen LogP contribution in [0.15, 0.2) is 54.9 Å². The van der Waals surface area contributed by atoms with Gasteiger partial charge in [-0.1, -0.05) is 43.5 Å². The van der Waals surface area contributed by atoms with Crippen LogP contribution < -0.4 is 5.32 Å². The molecule has 0 spiro atoms. The predicted molar refractivity (Wildman–Crippen MR) is 101 cm³/mol. The fraction of sp³-hybridized carbons (Fsp3) is 0.450. The number of methoxy groups -OCH3 is 1. The lowest BCUT2D eigenvalue weighted by molar-refractivity contribution is 0.0528. The molecule has 5 nitrogen and oxygen atoms in total. The fourth-order valence-corrected chi connectivity index (χ4v) is 2.11. The maximum Gasteiger partial charge on any atom is 0.407 e. The van der Waals surface area contributed by atoms with Crippen LogP contribution in [0.1, 0.15) is 32.8 Å². The largest absolute Gasteiger partial charge is 0.502 e. The van der Waals surface area contributed by atoms with Crippen molar-refractivity contribution in [1.29, 1.82) is 0 Å². The molecule has 0 aliphatic rings. The van der Waals surface area contributed by atoms with E-state index in [1.165, 1.54) is 5.56 Å². The van der Waals surface area contributed by atoms with Crippen molar-refractivity contribution in [1.82, 2.24) is 10.2 Å². The number of hydrogen-bond donors (Lipinski definition) is 1. The lowest BCUT2D eigenvalue weighted by Gasteiger charge is -2.28. The second-order valence-corrected chi connectivity index (χ2v) is 6.82. The maximum atomic E-state index is 11.8. The van der Waals surface area contributed by atoms with Gasteiger partial charge in [0.05, 0.1) is 19.4 Å². The van der Waals surface area contributed by atoms with E-state index in [9.17, 15) is 4.79 Å². The van der Waals surface area contributed by atoms with Crippen molar-refractivity contribution >= 4 is 6.09 Å². The first-order valence-corrected chi connectivity index (χ1v) is 8.36. The van der Waals surface area contributed by atoms with Gasteiger partial charge in [0.2, 0.25) is 0 Å². The Morgan fingerprint density at radius 2 is 1.84 bits per heavy atom. The average Bonchev–Trinajstić information content (AvgIpc) is 2.55. The van der Waals surface area contributed by atoms with Crippen molar-refractivity contribution in [3.63, 3.8) is 0 Å². The van der Waals surface area contributed by atoms with Gasteiger partial charge < -0.3 is 19.7 Å². The Morgan fingerprint density at radius 3 is 2.40 bits per heavy atom. The monoisotopic (exact) mass is 346 g/mol. The lowest BCUT2D eigenvalue weighted by atomic mass is 10.2. The molecule has 1 amide bonds. The summed E-state index contributed by atoms with van der Waals surface area (Å²) >= 11 is 0. The van der Waals surface area contributed by atoms with Gasteiger partial charge >= 0.3 is 6.09 Å². The van der Waals surface area contributed by atoms with Gasteiger partial charge in [0, 0.05) is 25.2 Å². The van der Waals surface area contributed by atoms with Crippen LogP contribution in [-0.2, 0) is 16.0 Å². The number of hydrogen-bond acceptors (Lipinski definition) is 4. The molecule has 0 saturated carbocycles. The van der Waals surface area contributed by atoms with E-state index >= 15 is 0 Å². The molecule has 0 unspecified atom stereocenters. The molecule has 0 fully saturated rings. The first kappa shape index (κ1) is 20.6. The summed E-state index contributed by atoms with van der Waals surface area (Å²) in [6.45, 7) is 15.2. The number of rotatable bonds is 9. The van der Waals surface area contributed by atoms with Crippen molar-refractivity contribution in [2.75, 3.05) is 20.2 Å². The Morgan fingerprint density at radius 1 is 1.20 bits per heavy atom. The van der Waals surface area contributed by atoms with E-state index in [4.69, 9.17) is 9.47 Å². The van der Waals surface area contributed by atoms with E-state index in [1.54, 1.807) is 7.11 Å². The molecule has 0 radical (unpaired) electrons. The van der Waals surface area contributed by atoms with Gasteiger partial charge in [-0.3, -0.25) is 0 Å². The molecule has 138 valence electrons. The number of ether oxygens (including phenoxy) is 2. The van der Waals surface area contributed by atoms with Gasteiger partial charge in [0.25, 0.3) is 0 Å². The van der Waals surface area contributed by atoms with Crippen LogP contribution in [0.3, 0.4) is 0 Å². The Bertz CT molecular complexity index is 576. The van der Waals surface area contributed by atoms with E-state index in [0.29, 0.717) is 31.8 Å². The minimum absolute atomic E-state index is 0.321. The van der Waals surface area contributed by atoms with E-state index in [0.717, 1.165) is 5.70 Å². The molecule has 1 rings (SSSR count). The quantitative estimate of drug-likeness (QED) is 0.685. The molecule has 0 saturated heterocycles. The highest BCUT2D eigenvalue weighted by Gasteiger charge is 2.17.